The van der Waals surface area contributed by atoms with Crippen LogP contribution in [0.5, 0.6) is 0 Å². The molecule has 1 aliphatic rings. The van der Waals surface area contributed by atoms with Crippen molar-refractivity contribution in [2.75, 3.05) is 18.5 Å². The van der Waals surface area contributed by atoms with Crippen LogP contribution in [-0.4, -0.2) is 23.2 Å². The van der Waals surface area contributed by atoms with Crippen molar-refractivity contribution in [2.24, 2.45) is 0 Å². The Balaban J connectivity index is 1.83. The van der Waals surface area contributed by atoms with Crippen LogP contribution < -0.4 is 10.9 Å². The van der Waals surface area contributed by atoms with Crippen molar-refractivity contribution in [3.63, 3.8) is 0 Å². The molecule has 2 heterocycles. The van der Waals surface area contributed by atoms with Crippen molar-refractivity contribution in [1.82, 2.24) is 9.97 Å². The number of nitrogens with one attached hydrogen (secondary N) is 2. The number of ether oxygens (including phenoxy) is 1. The number of benzene rings is 2. The summed E-state index contributed by atoms with van der Waals surface area (Å²) in [6, 6.07) is 5.50. The number of aromatic amines is 1. The molecule has 1 aromatic heterocycles. The summed E-state index contributed by atoms with van der Waals surface area (Å²) in [6.07, 6.45) is 1.15. The lowest BCUT2D eigenvalue weighted by atomic mass is 9.84. The van der Waals surface area contributed by atoms with Gasteiger partial charge in [-0.2, -0.15) is 0 Å². The molecule has 26 heavy (non-hydrogen) atoms. The fraction of sp³-hybridized carbons (Fsp3) is 0.222. The molecule has 0 radical (unpaired) electrons. The Morgan fingerprint density at radius 3 is 2.73 bits per heavy atom. The summed E-state index contributed by atoms with van der Waals surface area (Å²) in [7, 11) is 0. The van der Waals surface area contributed by atoms with E-state index in [2.05, 4.69) is 15.3 Å². The number of halogens is 3. The summed E-state index contributed by atoms with van der Waals surface area (Å²) in [5.41, 5.74) is -0.0886. The van der Waals surface area contributed by atoms with E-state index in [-0.39, 0.29) is 24.1 Å². The Morgan fingerprint density at radius 2 is 2.04 bits per heavy atom. The Hall–Kier alpha value is -2.51. The van der Waals surface area contributed by atoms with Crippen molar-refractivity contribution in [3.05, 3.63) is 68.7 Å². The maximum absolute atomic E-state index is 14.6. The van der Waals surface area contributed by atoms with Gasteiger partial charge >= 0.3 is 0 Å². The average Bonchev–Trinajstić information content (AvgIpc) is 2.57. The first-order valence-electron chi connectivity index (χ1n) is 7.89. The molecule has 0 atom stereocenters. The molecule has 0 spiro atoms. The standard InChI is InChI=1S/C18H14ClF2N3O2/c1-9-12(19)2-3-13(20)15(9)18(6-26-7-18)24-10-4-11-16(14(21)5-10)22-8-23-17(11)25/h2-5,8,24H,6-7H2,1H3,(H,22,23,25). The molecule has 2 aromatic carbocycles. The lowest BCUT2D eigenvalue weighted by Crippen LogP contribution is -2.54. The maximum Gasteiger partial charge on any atom is 0.258 e. The van der Waals surface area contributed by atoms with Crippen molar-refractivity contribution in [1.29, 1.82) is 0 Å². The van der Waals surface area contributed by atoms with E-state index in [9.17, 15) is 13.6 Å². The van der Waals surface area contributed by atoms with Crippen molar-refractivity contribution < 1.29 is 13.5 Å². The van der Waals surface area contributed by atoms with E-state index in [1.165, 1.54) is 24.3 Å². The number of H-pyrrole nitrogens is 1. The predicted molar refractivity (Wildman–Crippen MR) is 94.6 cm³/mol. The minimum absolute atomic E-state index is 0.0247. The molecular weight excluding hydrogens is 364 g/mol. The van der Waals surface area contributed by atoms with Crippen molar-refractivity contribution in [3.8, 4) is 0 Å². The van der Waals surface area contributed by atoms with Gasteiger partial charge in [-0.05, 0) is 36.8 Å². The minimum Gasteiger partial charge on any atom is -0.376 e. The highest BCUT2D eigenvalue weighted by atomic mass is 35.5. The van der Waals surface area contributed by atoms with Gasteiger partial charge in [0.1, 0.15) is 16.9 Å². The third kappa shape index (κ3) is 2.55. The fourth-order valence-electron chi connectivity index (χ4n) is 3.31. The van der Waals surface area contributed by atoms with Gasteiger partial charge in [-0.25, -0.2) is 13.8 Å². The van der Waals surface area contributed by atoms with E-state index in [1.807, 2.05) is 0 Å². The smallest absolute Gasteiger partial charge is 0.258 e. The molecule has 1 saturated heterocycles. The molecule has 1 fully saturated rings. The molecule has 1 aliphatic heterocycles. The maximum atomic E-state index is 14.6. The van der Waals surface area contributed by atoms with Gasteiger partial charge in [0.2, 0.25) is 0 Å². The zero-order chi connectivity index (χ0) is 18.5. The number of fused-ring (bicyclic) bond motifs is 1. The molecule has 4 rings (SSSR count). The Bertz CT molecular complexity index is 1080. The van der Waals surface area contributed by atoms with E-state index >= 15 is 0 Å². The second-order valence-electron chi connectivity index (χ2n) is 6.32. The highest BCUT2D eigenvalue weighted by Gasteiger charge is 2.44. The average molecular weight is 378 g/mol. The second kappa shape index (κ2) is 6.03. The van der Waals surface area contributed by atoms with Crippen LogP contribution in [0.15, 0.2) is 35.4 Å². The van der Waals surface area contributed by atoms with Crippen LogP contribution in [0.4, 0.5) is 14.5 Å². The number of aromatic nitrogens is 2. The number of rotatable bonds is 3. The minimum atomic E-state index is -0.895. The van der Waals surface area contributed by atoms with Crippen LogP contribution in [0.1, 0.15) is 11.1 Å². The van der Waals surface area contributed by atoms with Gasteiger partial charge in [-0.3, -0.25) is 4.79 Å². The third-order valence-corrected chi connectivity index (χ3v) is 5.01. The van der Waals surface area contributed by atoms with E-state index in [4.69, 9.17) is 16.3 Å². The predicted octanol–water partition coefficient (Wildman–Crippen LogP) is 3.50. The van der Waals surface area contributed by atoms with Gasteiger partial charge in [0.15, 0.2) is 5.82 Å². The number of hydrogen-bond donors (Lipinski definition) is 2. The monoisotopic (exact) mass is 377 g/mol. The molecule has 5 nitrogen and oxygen atoms in total. The number of anilines is 1. The summed E-state index contributed by atoms with van der Waals surface area (Å²) < 4.78 is 34.2. The molecular formula is C18H14ClF2N3O2. The first-order valence-corrected chi connectivity index (χ1v) is 8.27. The van der Waals surface area contributed by atoms with Crippen molar-refractivity contribution >= 4 is 28.2 Å². The van der Waals surface area contributed by atoms with Gasteiger partial charge in [-0.15, -0.1) is 0 Å². The normalized spacial score (nSPS) is 15.7. The van der Waals surface area contributed by atoms with Crippen LogP contribution in [0.2, 0.25) is 5.02 Å². The topological polar surface area (TPSA) is 67.0 Å². The number of hydrogen-bond acceptors (Lipinski definition) is 4. The van der Waals surface area contributed by atoms with Crippen LogP contribution in [0, 0.1) is 18.6 Å². The summed E-state index contributed by atoms with van der Waals surface area (Å²) in [6.45, 7) is 2.10. The Morgan fingerprint density at radius 1 is 1.27 bits per heavy atom. The first kappa shape index (κ1) is 16.9. The molecule has 134 valence electrons. The molecule has 3 aromatic rings. The highest BCUT2D eigenvalue weighted by Crippen LogP contribution is 2.39. The summed E-state index contributed by atoms with van der Waals surface area (Å²) in [5, 5.41) is 3.67. The van der Waals surface area contributed by atoms with Gasteiger partial charge < -0.3 is 15.0 Å². The quantitative estimate of drug-likeness (QED) is 0.733. The largest absolute Gasteiger partial charge is 0.376 e. The number of nitrogens with zero attached hydrogens (tertiary/aromatic N) is 1. The Labute approximate surface area is 152 Å². The highest BCUT2D eigenvalue weighted by molar-refractivity contribution is 6.31. The van der Waals surface area contributed by atoms with Gasteiger partial charge in [0.25, 0.3) is 5.56 Å². The SMILES string of the molecule is Cc1c(Cl)ccc(F)c1C1(Nc2cc(F)c3nc[nH]c(=O)c3c2)COC1. The summed E-state index contributed by atoms with van der Waals surface area (Å²) in [5.74, 6) is -1.07. The van der Waals surface area contributed by atoms with Crippen LogP contribution in [0.3, 0.4) is 0 Å². The van der Waals surface area contributed by atoms with E-state index < -0.39 is 22.7 Å². The molecule has 0 saturated carbocycles. The molecule has 0 amide bonds. The first-order chi connectivity index (χ1) is 12.4. The lowest BCUT2D eigenvalue weighted by molar-refractivity contribution is -0.0465. The van der Waals surface area contributed by atoms with E-state index in [1.54, 1.807) is 6.92 Å². The van der Waals surface area contributed by atoms with Crippen LogP contribution in [0.25, 0.3) is 10.9 Å². The van der Waals surface area contributed by atoms with Crippen LogP contribution in [-0.2, 0) is 10.3 Å². The van der Waals surface area contributed by atoms with Crippen molar-refractivity contribution in [2.45, 2.75) is 12.5 Å². The Kier molecular flexibility index (Phi) is 3.93. The van der Waals surface area contributed by atoms with E-state index in [0.717, 1.165) is 6.33 Å². The van der Waals surface area contributed by atoms with Gasteiger partial charge in [0, 0.05) is 16.3 Å². The fourth-order valence-corrected chi connectivity index (χ4v) is 3.47. The summed E-state index contributed by atoms with van der Waals surface area (Å²) >= 11 is 6.15. The molecule has 0 unspecified atom stereocenters. The third-order valence-electron chi connectivity index (χ3n) is 4.60. The lowest BCUT2D eigenvalue weighted by Gasteiger charge is -2.44. The van der Waals surface area contributed by atoms with E-state index in [0.29, 0.717) is 21.8 Å². The zero-order valence-corrected chi connectivity index (χ0v) is 14.5. The molecule has 0 aliphatic carbocycles. The molecule has 0 bridgehead atoms. The van der Waals surface area contributed by atoms with Gasteiger partial charge in [-0.1, -0.05) is 11.6 Å². The molecule has 8 heteroatoms. The summed E-state index contributed by atoms with van der Waals surface area (Å²) in [4.78, 5) is 18.2. The van der Waals surface area contributed by atoms with Crippen LogP contribution >= 0.6 is 11.6 Å². The second-order valence-corrected chi connectivity index (χ2v) is 6.72. The molecule has 2 N–H and O–H groups in total. The van der Waals surface area contributed by atoms with Gasteiger partial charge in [0.05, 0.1) is 24.9 Å². The zero-order valence-electron chi connectivity index (χ0n) is 13.7.